The predicted octanol–water partition coefficient (Wildman–Crippen LogP) is 1.91. The third kappa shape index (κ3) is 4.57. The topological polar surface area (TPSA) is 54.0 Å². The molecule has 1 N–H and O–H groups in total. The SMILES string of the molecule is CN(C)CCNC(=O)[C@@H]1CN(CC2CCOCC2)[C@H]2c3cc(F)ccc3OC[C@@H]12. The molecule has 1 amide bonds. The molecule has 3 atom stereocenters. The van der Waals surface area contributed by atoms with E-state index >= 15 is 0 Å². The summed E-state index contributed by atoms with van der Waals surface area (Å²) < 4.78 is 25.5. The quantitative estimate of drug-likeness (QED) is 0.784. The summed E-state index contributed by atoms with van der Waals surface area (Å²) in [6.45, 7) is 5.15. The van der Waals surface area contributed by atoms with Crippen LogP contribution in [-0.4, -0.2) is 75.8 Å². The van der Waals surface area contributed by atoms with Crippen LogP contribution in [0.15, 0.2) is 18.2 Å². The van der Waals surface area contributed by atoms with Gasteiger partial charge in [-0.1, -0.05) is 0 Å². The van der Waals surface area contributed by atoms with Crippen LogP contribution in [0.4, 0.5) is 4.39 Å². The van der Waals surface area contributed by atoms with Crippen molar-refractivity contribution < 1.29 is 18.7 Å². The van der Waals surface area contributed by atoms with E-state index in [1.807, 2.05) is 14.1 Å². The summed E-state index contributed by atoms with van der Waals surface area (Å²) in [6, 6.07) is 4.79. The Kier molecular flexibility index (Phi) is 6.37. The van der Waals surface area contributed by atoms with Crippen molar-refractivity contribution in [3.8, 4) is 5.75 Å². The van der Waals surface area contributed by atoms with E-state index in [9.17, 15) is 9.18 Å². The molecule has 6 nitrogen and oxygen atoms in total. The number of nitrogens with one attached hydrogen (secondary N) is 1. The summed E-state index contributed by atoms with van der Waals surface area (Å²) in [4.78, 5) is 17.4. The van der Waals surface area contributed by atoms with E-state index < -0.39 is 0 Å². The van der Waals surface area contributed by atoms with Gasteiger partial charge in [0.25, 0.3) is 0 Å². The van der Waals surface area contributed by atoms with Crippen LogP contribution in [0.2, 0.25) is 0 Å². The molecule has 0 aromatic heterocycles. The number of carbonyl (C=O) groups excluding carboxylic acids is 1. The Morgan fingerprint density at radius 3 is 2.86 bits per heavy atom. The molecule has 3 aliphatic heterocycles. The summed E-state index contributed by atoms with van der Waals surface area (Å²) in [5, 5.41) is 3.09. The second kappa shape index (κ2) is 8.98. The lowest BCUT2D eigenvalue weighted by Gasteiger charge is -2.36. The molecule has 0 radical (unpaired) electrons. The molecule has 4 rings (SSSR count). The van der Waals surface area contributed by atoms with Crippen LogP contribution in [0.1, 0.15) is 24.4 Å². The summed E-state index contributed by atoms with van der Waals surface area (Å²) >= 11 is 0. The number of likely N-dealkylation sites (tertiary alicyclic amines) is 1. The van der Waals surface area contributed by atoms with Gasteiger partial charge in [-0.25, -0.2) is 4.39 Å². The van der Waals surface area contributed by atoms with Gasteiger partial charge in [0.1, 0.15) is 11.6 Å². The Bertz CT molecular complexity index is 723. The monoisotopic (exact) mass is 405 g/mol. The number of likely N-dealkylation sites (N-methyl/N-ethyl adjacent to an activating group) is 1. The number of amides is 1. The second-order valence-corrected chi connectivity index (χ2v) is 8.81. The molecule has 160 valence electrons. The molecule has 1 aromatic rings. The van der Waals surface area contributed by atoms with Gasteiger partial charge in [-0.05, 0) is 51.1 Å². The maximum atomic E-state index is 14.1. The summed E-state index contributed by atoms with van der Waals surface area (Å²) in [5.74, 6) is 1.04. The third-order valence-electron chi connectivity index (χ3n) is 6.50. The average molecular weight is 406 g/mol. The molecule has 7 heteroatoms. The first-order valence-corrected chi connectivity index (χ1v) is 10.7. The highest BCUT2D eigenvalue weighted by Crippen LogP contribution is 2.48. The molecule has 0 saturated carbocycles. The lowest BCUT2D eigenvalue weighted by atomic mass is 9.84. The fourth-order valence-corrected chi connectivity index (χ4v) is 4.95. The molecule has 2 saturated heterocycles. The highest BCUT2D eigenvalue weighted by atomic mass is 19.1. The van der Waals surface area contributed by atoms with Gasteiger partial charge < -0.3 is 19.7 Å². The van der Waals surface area contributed by atoms with Crippen molar-refractivity contribution in [3.63, 3.8) is 0 Å². The minimum absolute atomic E-state index is 0.0295. The normalized spacial score (nSPS) is 27.4. The molecule has 0 unspecified atom stereocenters. The van der Waals surface area contributed by atoms with E-state index in [1.54, 1.807) is 12.1 Å². The van der Waals surface area contributed by atoms with Gasteiger partial charge in [0.15, 0.2) is 0 Å². The standard InChI is InChI=1S/C22H32FN3O3/c1-25(2)8-7-24-22(27)18-13-26(12-15-5-9-28-10-6-15)21-17-11-16(23)3-4-20(17)29-14-19(18)21/h3-4,11,15,18-19,21H,5-10,12-14H2,1-2H3,(H,24,27)/t18-,19+,21+/m1/s1. The number of hydrogen-bond donors (Lipinski definition) is 1. The first-order valence-electron chi connectivity index (χ1n) is 10.7. The number of fused-ring (bicyclic) bond motifs is 3. The second-order valence-electron chi connectivity index (χ2n) is 8.81. The van der Waals surface area contributed by atoms with Crippen molar-refractivity contribution in [2.24, 2.45) is 17.8 Å². The van der Waals surface area contributed by atoms with E-state index in [2.05, 4.69) is 15.1 Å². The zero-order valence-electron chi connectivity index (χ0n) is 17.4. The molecular formula is C22H32FN3O3. The Balaban J connectivity index is 1.54. The van der Waals surface area contributed by atoms with E-state index in [1.165, 1.54) is 6.07 Å². The van der Waals surface area contributed by atoms with Gasteiger partial charge in [0.2, 0.25) is 5.91 Å². The van der Waals surface area contributed by atoms with Crippen molar-refractivity contribution in [3.05, 3.63) is 29.6 Å². The molecule has 29 heavy (non-hydrogen) atoms. The first-order chi connectivity index (χ1) is 14.0. The molecule has 0 aliphatic carbocycles. The molecule has 2 fully saturated rings. The van der Waals surface area contributed by atoms with E-state index in [4.69, 9.17) is 9.47 Å². The van der Waals surface area contributed by atoms with Crippen molar-refractivity contribution in [1.29, 1.82) is 0 Å². The lowest BCUT2D eigenvalue weighted by molar-refractivity contribution is -0.126. The number of ether oxygens (including phenoxy) is 2. The molecule has 3 aliphatic rings. The summed E-state index contributed by atoms with van der Waals surface area (Å²) in [7, 11) is 3.99. The maximum Gasteiger partial charge on any atom is 0.224 e. The molecule has 0 spiro atoms. The van der Waals surface area contributed by atoms with E-state index in [-0.39, 0.29) is 29.6 Å². The van der Waals surface area contributed by atoms with E-state index in [0.29, 0.717) is 25.6 Å². The number of hydrogen-bond acceptors (Lipinski definition) is 5. The first kappa shape index (κ1) is 20.6. The highest BCUT2D eigenvalue weighted by molar-refractivity contribution is 5.80. The Morgan fingerprint density at radius 2 is 2.10 bits per heavy atom. The lowest BCUT2D eigenvalue weighted by Crippen LogP contribution is -2.40. The largest absolute Gasteiger partial charge is 0.493 e. The van der Waals surface area contributed by atoms with Crippen molar-refractivity contribution in [2.75, 3.05) is 60.1 Å². The molecule has 1 aromatic carbocycles. The van der Waals surface area contributed by atoms with Crippen LogP contribution in [0.5, 0.6) is 5.75 Å². The van der Waals surface area contributed by atoms with Gasteiger partial charge >= 0.3 is 0 Å². The van der Waals surface area contributed by atoms with Crippen LogP contribution >= 0.6 is 0 Å². The van der Waals surface area contributed by atoms with Crippen molar-refractivity contribution in [2.45, 2.75) is 18.9 Å². The molecule has 3 heterocycles. The number of rotatable bonds is 6. The van der Waals surface area contributed by atoms with Gasteiger partial charge in [-0.3, -0.25) is 9.69 Å². The van der Waals surface area contributed by atoms with Gasteiger partial charge in [0.05, 0.1) is 12.5 Å². The third-order valence-corrected chi connectivity index (χ3v) is 6.50. The highest BCUT2D eigenvalue weighted by Gasteiger charge is 2.49. The minimum atomic E-state index is -0.252. The number of halogens is 1. The fraction of sp³-hybridized carbons (Fsp3) is 0.682. The zero-order valence-corrected chi connectivity index (χ0v) is 17.4. The Hall–Kier alpha value is -1.70. The molecule has 0 bridgehead atoms. The number of benzene rings is 1. The van der Waals surface area contributed by atoms with Crippen molar-refractivity contribution >= 4 is 5.91 Å². The van der Waals surface area contributed by atoms with Crippen LogP contribution in [0, 0.1) is 23.6 Å². The van der Waals surface area contributed by atoms with Gasteiger partial charge in [0, 0.05) is 56.9 Å². The van der Waals surface area contributed by atoms with Crippen LogP contribution in [0.3, 0.4) is 0 Å². The zero-order chi connectivity index (χ0) is 20.4. The average Bonchev–Trinajstić information content (AvgIpc) is 3.07. The predicted molar refractivity (Wildman–Crippen MR) is 108 cm³/mol. The summed E-state index contributed by atoms with van der Waals surface area (Å²) in [5.41, 5.74) is 0.886. The van der Waals surface area contributed by atoms with Crippen LogP contribution in [-0.2, 0) is 9.53 Å². The smallest absolute Gasteiger partial charge is 0.224 e. The minimum Gasteiger partial charge on any atom is -0.493 e. The van der Waals surface area contributed by atoms with Gasteiger partial charge in [-0.2, -0.15) is 0 Å². The van der Waals surface area contributed by atoms with E-state index in [0.717, 1.165) is 50.5 Å². The maximum absolute atomic E-state index is 14.1. The Labute approximate surface area is 172 Å². The summed E-state index contributed by atoms with van der Waals surface area (Å²) in [6.07, 6.45) is 2.08. The van der Waals surface area contributed by atoms with Crippen molar-refractivity contribution in [1.82, 2.24) is 15.1 Å². The van der Waals surface area contributed by atoms with Crippen LogP contribution in [0.25, 0.3) is 0 Å². The van der Waals surface area contributed by atoms with Gasteiger partial charge in [-0.15, -0.1) is 0 Å². The fourth-order valence-electron chi connectivity index (χ4n) is 4.95. The van der Waals surface area contributed by atoms with Crippen LogP contribution < -0.4 is 10.1 Å². The molecular weight excluding hydrogens is 373 g/mol. The number of carbonyl (C=O) groups is 1. The Morgan fingerprint density at radius 1 is 1.31 bits per heavy atom. The number of nitrogens with zero attached hydrogens (tertiary/aromatic N) is 2.